The molecule has 0 radical (unpaired) electrons. The maximum absolute atomic E-state index is 6.29. The van der Waals surface area contributed by atoms with Gasteiger partial charge in [0.1, 0.15) is 11.2 Å². The lowest BCUT2D eigenvalue weighted by atomic mass is 9.62. The first-order valence-corrected chi connectivity index (χ1v) is 11.3. The minimum atomic E-state index is -0.235. The second-order valence-electron chi connectivity index (χ2n) is 8.83. The Kier molecular flexibility index (Phi) is 3.66. The molecule has 0 N–H and O–H groups in total. The standard InChI is InChI=1S/C31H22O/c1-3-11-21(12-4-1)31(22-13-5-2-6-14-22)25-17-9-7-15-23(25)29-26(31)19-20-28-30(29)24-16-8-10-18-27(24)32-28/h1-13,15-20,22H,14H2. The fraction of sp³-hybridized carbons (Fsp3) is 0.0968. The average Bonchev–Trinajstić information content (AvgIpc) is 3.39. The van der Waals surface area contributed by atoms with Crippen molar-refractivity contribution in [3.05, 3.63) is 132 Å². The number of furan rings is 1. The van der Waals surface area contributed by atoms with Crippen LogP contribution in [0.3, 0.4) is 0 Å². The lowest BCUT2D eigenvalue weighted by Crippen LogP contribution is -2.35. The van der Waals surface area contributed by atoms with E-state index in [1.54, 1.807) is 0 Å². The Labute approximate surface area is 187 Å². The van der Waals surface area contributed by atoms with E-state index >= 15 is 0 Å². The third-order valence-electron chi connectivity index (χ3n) is 7.36. The largest absolute Gasteiger partial charge is 0.456 e. The van der Waals surface area contributed by atoms with E-state index in [1.165, 1.54) is 38.6 Å². The number of rotatable bonds is 2. The van der Waals surface area contributed by atoms with Crippen molar-refractivity contribution in [1.29, 1.82) is 0 Å². The summed E-state index contributed by atoms with van der Waals surface area (Å²) in [5, 5.41) is 2.43. The van der Waals surface area contributed by atoms with E-state index in [1.807, 2.05) is 6.07 Å². The molecule has 0 fully saturated rings. The lowest BCUT2D eigenvalue weighted by molar-refractivity contribution is 0.457. The van der Waals surface area contributed by atoms with Crippen LogP contribution in [-0.4, -0.2) is 0 Å². The van der Waals surface area contributed by atoms with Crippen LogP contribution in [0.1, 0.15) is 23.1 Å². The van der Waals surface area contributed by atoms with E-state index in [0.29, 0.717) is 5.92 Å². The van der Waals surface area contributed by atoms with Crippen molar-refractivity contribution in [2.45, 2.75) is 11.8 Å². The molecule has 2 aliphatic rings. The van der Waals surface area contributed by atoms with Crippen molar-refractivity contribution in [2.24, 2.45) is 5.92 Å². The van der Waals surface area contributed by atoms with Gasteiger partial charge in [0.25, 0.3) is 0 Å². The Morgan fingerprint density at radius 3 is 2.38 bits per heavy atom. The minimum absolute atomic E-state index is 0.235. The fourth-order valence-corrected chi connectivity index (χ4v) is 6.14. The number of benzene rings is 4. The number of hydrogen-bond donors (Lipinski definition) is 0. The van der Waals surface area contributed by atoms with Gasteiger partial charge in [-0.3, -0.25) is 0 Å². The number of allylic oxidation sites excluding steroid dienone is 4. The molecule has 0 aliphatic heterocycles. The van der Waals surface area contributed by atoms with Crippen LogP contribution in [0, 0.1) is 5.92 Å². The number of para-hydroxylation sites is 1. The molecule has 1 heterocycles. The first-order chi connectivity index (χ1) is 15.9. The highest BCUT2D eigenvalue weighted by Gasteiger charge is 2.49. The van der Waals surface area contributed by atoms with E-state index in [9.17, 15) is 0 Å². The van der Waals surface area contributed by atoms with Crippen LogP contribution < -0.4 is 0 Å². The monoisotopic (exact) mass is 410 g/mol. The summed E-state index contributed by atoms with van der Waals surface area (Å²) in [6, 6.07) is 33.0. The van der Waals surface area contributed by atoms with Gasteiger partial charge in [-0.1, -0.05) is 103 Å². The SMILES string of the molecule is C1=CCC(C2(c3ccccc3)c3ccccc3-c3c2ccc2oc4ccccc4c32)C=C1. The Hall–Kier alpha value is -3.84. The molecule has 152 valence electrons. The molecule has 0 saturated heterocycles. The molecule has 2 atom stereocenters. The molecular formula is C31H22O. The molecule has 2 aliphatic carbocycles. The molecule has 0 spiro atoms. The van der Waals surface area contributed by atoms with E-state index in [0.717, 1.165) is 17.6 Å². The summed E-state index contributed by atoms with van der Waals surface area (Å²) >= 11 is 0. The molecular weight excluding hydrogens is 388 g/mol. The summed E-state index contributed by atoms with van der Waals surface area (Å²) in [6.07, 6.45) is 10.1. The summed E-state index contributed by atoms with van der Waals surface area (Å²) in [6.45, 7) is 0. The average molecular weight is 411 g/mol. The Bertz CT molecular complexity index is 1550. The quantitative estimate of drug-likeness (QED) is 0.287. The fourth-order valence-electron chi connectivity index (χ4n) is 6.14. The van der Waals surface area contributed by atoms with E-state index in [2.05, 4.69) is 109 Å². The van der Waals surface area contributed by atoms with Gasteiger partial charge >= 0.3 is 0 Å². The second kappa shape index (κ2) is 6.58. The van der Waals surface area contributed by atoms with E-state index < -0.39 is 0 Å². The van der Waals surface area contributed by atoms with Gasteiger partial charge in [-0.05, 0) is 52.3 Å². The topological polar surface area (TPSA) is 13.1 Å². The Morgan fingerprint density at radius 1 is 0.688 bits per heavy atom. The minimum Gasteiger partial charge on any atom is -0.456 e. The van der Waals surface area contributed by atoms with E-state index in [-0.39, 0.29) is 5.41 Å². The van der Waals surface area contributed by atoms with Crippen molar-refractivity contribution >= 4 is 21.9 Å². The molecule has 5 aromatic rings. The van der Waals surface area contributed by atoms with Gasteiger partial charge in [-0.25, -0.2) is 0 Å². The van der Waals surface area contributed by atoms with Crippen molar-refractivity contribution in [3.8, 4) is 11.1 Å². The molecule has 1 nitrogen and oxygen atoms in total. The highest BCUT2D eigenvalue weighted by atomic mass is 16.3. The maximum Gasteiger partial charge on any atom is 0.136 e. The summed E-state index contributed by atoms with van der Waals surface area (Å²) in [5.41, 5.74) is 8.46. The smallest absolute Gasteiger partial charge is 0.136 e. The van der Waals surface area contributed by atoms with E-state index in [4.69, 9.17) is 4.42 Å². The van der Waals surface area contributed by atoms with Crippen molar-refractivity contribution in [2.75, 3.05) is 0 Å². The van der Waals surface area contributed by atoms with Crippen molar-refractivity contribution in [3.63, 3.8) is 0 Å². The number of hydrogen-bond acceptors (Lipinski definition) is 1. The van der Waals surface area contributed by atoms with Crippen molar-refractivity contribution < 1.29 is 4.42 Å². The zero-order valence-corrected chi connectivity index (χ0v) is 17.7. The lowest BCUT2D eigenvalue weighted by Gasteiger charge is -2.39. The zero-order chi connectivity index (χ0) is 21.1. The van der Waals surface area contributed by atoms with Gasteiger partial charge in [-0.2, -0.15) is 0 Å². The predicted molar refractivity (Wildman–Crippen MR) is 132 cm³/mol. The predicted octanol–water partition coefficient (Wildman–Crippen LogP) is 8.03. The molecule has 4 aromatic carbocycles. The highest BCUT2D eigenvalue weighted by Crippen LogP contribution is 2.60. The third-order valence-corrected chi connectivity index (χ3v) is 7.36. The first kappa shape index (κ1) is 17.8. The molecule has 0 bridgehead atoms. The maximum atomic E-state index is 6.29. The van der Waals surface area contributed by atoms with Crippen LogP contribution in [-0.2, 0) is 5.41 Å². The van der Waals surface area contributed by atoms with Crippen LogP contribution in [0.15, 0.2) is 120 Å². The van der Waals surface area contributed by atoms with Gasteiger partial charge in [0.15, 0.2) is 0 Å². The van der Waals surface area contributed by atoms with Gasteiger partial charge in [0, 0.05) is 10.8 Å². The van der Waals surface area contributed by atoms with Crippen molar-refractivity contribution in [1.82, 2.24) is 0 Å². The first-order valence-electron chi connectivity index (χ1n) is 11.3. The summed E-state index contributed by atoms with van der Waals surface area (Å²) in [5.74, 6) is 0.341. The molecule has 0 saturated carbocycles. The van der Waals surface area contributed by atoms with Crippen LogP contribution >= 0.6 is 0 Å². The van der Waals surface area contributed by atoms with Gasteiger partial charge in [0.2, 0.25) is 0 Å². The van der Waals surface area contributed by atoms with Crippen LogP contribution in [0.2, 0.25) is 0 Å². The molecule has 1 aromatic heterocycles. The summed E-state index contributed by atoms with van der Waals surface area (Å²) < 4.78 is 6.29. The molecule has 2 unspecified atom stereocenters. The summed E-state index contributed by atoms with van der Waals surface area (Å²) in [4.78, 5) is 0. The molecule has 32 heavy (non-hydrogen) atoms. The Balaban J connectivity index is 1.69. The zero-order valence-electron chi connectivity index (χ0n) is 17.7. The second-order valence-corrected chi connectivity index (χ2v) is 8.83. The van der Waals surface area contributed by atoms with Gasteiger partial charge in [0.05, 0.1) is 5.41 Å². The Morgan fingerprint density at radius 2 is 1.50 bits per heavy atom. The van der Waals surface area contributed by atoms with Crippen LogP contribution in [0.25, 0.3) is 33.1 Å². The molecule has 7 rings (SSSR count). The van der Waals surface area contributed by atoms with Gasteiger partial charge < -0.3 is 4.42 Å². The highest BCUT2D eigenvalue weighted by molar-refractivity contribution is 6.15. The number of fused-ring (bicyclic) bond motifs is 7. The van der Waals surface area contributed by atoms with Crippen LogP contribution in [0.4, 0.5) is 0 Å². The normalized spacial score (nSPS) is 21.2. The summed E-state index contributed by atoms with van der Waals surface area (Å²) in [7, 11) is 0. The third kappa shape index (κ3) is 2.18. The van der Waals surface area contributed by atoms with Gasteiger partial charge in [-0.15, -0.1) is 0 Å². The van der Waals surface area contributed by atoms with Crippen LogP contribution in [0.5, 0.6) is 0 Å². The molecule has 0 amide bonds. The molecule has 1 heteroatoms.